The average Bonchev–Trinajstić information content (AvgIpc) is 3.23. The number of unbranched alkanes of at least 4 members (excludes halogenated alkanes) is 37. The van der Waals surface area contributed by atoms with Gasteiger partial charge in [-0.05, 0) is 32.1 Å². The van der Waals surface area contributed by atoms with E-state index in [1.165, 1.54) is 212 Å². The molecule has 0 aliphatic carbocycles. The molecule has 0 heterocycles. The van der Waals surface area contributed by atoms with E-state index in [-0.39, 0.29) is 5.92 Å². The Morgan fingerprint density at radius 2 is 0.550 bits per heavy atom. The van der Waals surface area contributed by atoms with Gasteiger partial charge in [-0.3, -0.25) is 9.59 Å². The number of carboxylic acids is 2. The van der Waals surface area contributed by atoms with Gasteiger partial charge in [0.05, 0.1) is 0 Å². The van der Waals surface area contributed by atoms with Gasteiger partial charge in [-0.1, -0.05) is 271 Å². The predicted molar refractivity (Wildman–Crippen MR) is 259 cm³/mol. The zero-order chi connectivity index (χ0) is 44.4. The summed E-state index contributed by atoms with van der Waals surface area (Å²) < 4.78 is 0. The molecule has 0 fully saturated rings. The molecule has 358 valence electrons. The highest BCUT2D eigenvalue weighted by molar-refractivity contribution is 5.80. The first-order valence-corrected chi connectivity index (χ1v) is 26.9. The third kappa shape index (κ3) is 50.9. The average molecular weight is 851 g/mol. The zero-order valence-corrected chi connectivity index (χ0v) is 40.7. The van der Waals surface area contributed by atoms with E-state index < -0.39 is 18.0 Å². The van der Waals surface area contributed by atoms with Crippen LogP contribution < -0.4 is 0 Å². The number of hydrogen-bond donors (Lipinski definition) is 3. The van der Waals surface area contributed by atoms with Gasteiger partial charge in [-0.2, -0.15) is 0 Å². The third-order valence-electron chi connectivity index (χ3n) is 12.7. The predicted octanol–water partition coefficient (Wildman–Crippen LogP) is 17.7. The maximum Gasteiger partial charge on any atom is 0.332 e. The number of aliphatic hydroxyl groups is 1. The maximum atomic E-state index is 13.0. The van der Waals surface area contributed by atoms with E-state index in [9.17, 15) is 19.5 Å². The highest BCUT2D eigenvalue weighted by Gasteiger charge is 2.17. The number of Topliss-reactive ketones (excluding diaryl/α,β-unsaturated/α-hetero) is 1. The number of carboxylic acid groups (broad SMARTS) is 2. The summed E-state index contributed by atoms with van der Waals surface area (Å²) >= 11 is 0. The van der Waals surface area contributed by atoms with Crippen LogP contribution >= 0.6 is 0 Å². The van der Waals surface area contributed by atoms with Crippen molar-refractivity contribution in [3.05, 3.63) is 0 Å². The first kappa shape index (κ1) is 60.7. The Labute approximate surface area is 374 Å². The minimum absolute atomic E-state index is 0.279. The summed E-state index contributed by atoms with van der Waals surface area (Å²) in [6.07, 6.45) is 55.3. The molecule has 6 nitrogen and oxygen atoms in total. The standard InChI is InChI=1S/C36H70O4.C18H36O2/c1-3-5-7-9-10-11-12-13-14-15-16-17-20-23-27-31-34(37)33(29-25-8-6-4-2)30-26-22-19-18-21-24-28-32-35(38)36(39)40;1-2-3-4-5-6-7-8-9-10-11-12-13-14-15-16-17-18(19)20/h33,35,38H,3-32H2,1-2H3,(H,39,40);2-17H2,1H3,(H,19,20). The van der Waals surface area contributed by atoms with Gasteiger partial charge in [0.15, 0.2) is 6.10 Å². The summed E-state index contributed by atoms with van der Waals surface area (Å²) in [5.74, 6) is -0.956. The summed E-state index contributed by atoms with van der Waals surface area (Å²) in [5, 5.41) is 26.6. The monoisotopic (exact) mass is 851 g/mol. The molecule has 0 bridgehead atoms. The van der Waals surface area contributed by atoms with Crippen LogP contribution in [0.3, 0.4) is 0 Å². The first-order chi connectivity index (χ1) is 29.3. The topological polar surface area (TPSA) is 112 Å². The molecule has 0 aromatic rings. The number of carbonyl (C=O) groups excluding carboxylic acids is 1. The minimum atomic E-state index is -1.21. The first-order valence-electron chi connectivity index (χ1n) is 26.9. The second-order valence-electron chi connectivity index (χ2n) is 18.7. The summed E-state index contributed by atoms with van der Waals surface area (Å²) in [7, 11) is 0. The Morgan fingerprint density at radius 1 is 0.317 bits per heavy atom. The number of aliphatic hydroxyl groups excluding tert-OH is 1. The smallest absolute Gasteiger partial charge is 0.332 e. The SMILES string of the molecule is CCCCCCCCCCCCCCCCCC(=O)C(CCCCCC)CCCCCCCCCC(O)C(=O)O.CCCCCCCCCCCCCCCCCC(=O)O. The molecule has 0 saturated heterocycles. The van der Waals surface area contributed by atoms with Crippen LogP contribution in [0.15, 0.2) is 0 Å². The highest BCUT2D eigenvalue weighted by atomic mass is 16.4. The van der Waals surface area contributed by atoms with Gasteiger partial charge >= 0.3 is 11.9 Å². The Balaban J connectivity index is 0. The van der Waals surface area contributed by atoms with E-state index in [4.69, 9.17) is 10.2 Å². The zero-order valence-electron chi connectivity index (χ0n) is 40.7. The van der Waals surface area contributed by atoms with E-state index in [0.717, 1.165) is 70.6 Å². The lowest BCUT2D eigenvalue weighted by Crippen LogP contribution is -2.18. The summed E-state index contributed by atoms with van der Waals surface area (Å²) in [4.78, 5) is 34.0. The summed E-state index contributed by atoms with van der Waals surface area (Å²) in [6, 6.07) is 0. The fourth-order valence-electron chi connectivity index (χ4n) is 8.54. The van der Waals surface area contributed by atoms with Gasteiger partial charge in [-0.25, -0.2) is 4.79 Å². The second kappa shape index (κ2) is 51.9. The van der Waals surface area contributed by atoms with Crippen molar-refractivity contribution in [3.8, 4) is 0 Å². The molecule has 2 atom stereocenters. The third-order valence-corrected chi connectivity index (χ3v) is 12.7. The van der Waals surface area contributed by atoms with Gasteiger partial charge in [0.1, 0.15) is 5.78 Å². The van der Waals surface area contributed by atoms with Gasteiger partial charge in [0, 0.05) is 18.8 Å². The molecule has 0 spiro atoms. The highest BCUT2D eigenvalue weighted by Crippen LogP contribution is 2.23. The maximum absolute atomic E-state index is 13.0. The Kier molecular flexibility index (Phi) is 52.5. The van der Waals surface area contributed by atoms with E-state index in [0.29, 0.717) is 18.6 Å². The van der Waals surface area contributed by atoms with Crippen LogP contribution in [0.2, 0.25) is 0 Å². The van der Waals surface area contributed by atoms with E-state index >= 15 is 0 Å². The van der Waals surface area contributed by atoms with Crippen LogP contribution in [-0.4, -0.2) is 39.1 Å². The molecular weight excluding hydrogens is 745 g/mol. The van der Waals surface area contributed by atoms with Crippen molar-refractivity contribution in [2.24, 2.45) is 5.92 Å². The quantitative estimate of drug-likeness (QED) is 0.0526. The lowest BCUT2D eigenvalue weighted by molar-refractivity contribution is -0.147. The van der Waals surface area contributed by atoms with Crippen molar-refractivity contribution in [2.45, 2.75) is 322 Å². The van der Waals surface area contributed by atoms with Crippen molar-refractivity contribution < 1.29 is 29.7 Å². The molecule has 2 unspecified atom stereocenters. The largest absolute Gasteiger partial charge is 0.481 e. The van der Waals surface area contributed by atoms with E-state index in [2.05, 4.69) is 20.8 Å². The molecule has 60 heavy (non-hydrogen) atoms. The van der Waals surface area contributed by atoms with Gasteiger partial charge < -0.3 is 15.3 Å². The van der Waals surface area contributed by atoms with E-state index in [1.807, 2.05) is 0 Å². The number of carbonyl (C=O) groups is 3. The van der Waals surface area contributed by atoms with Crippen molar-refractivity contribution in [1.29, 1.82) is 0 Å². The molecule has 0 radical (unpaired) electrons. The molecular formula is C54H106O6. The normalized spacial score (nSPS) is 12.3. The van der Waals surface area contributed by atoms with Crippen molar-refractivity contribution in [3.63, 3.8) is 0 Å². The van der Waals surface area contributed by atoms with E-state index in [1.54, 1.807) is 0 Å². The summed E-state index contributed by atoms with van der Waals surface area (Å²) in [6.45, 7) is 6.80. The number of rotatable bonds is 49. The van der Waals surface area contributed by atoms with Crippen LogP contribution in [0.1, 0.15) is 316 Å². The van der Waals surface area contributed by atoms with Crippen LogP contribution in [-0.2, 0) is 14.4 Å². The van der Waals surface area contributed by atoms with Crippen molar-refractivity contribution in [1.82, 2.24) is 0 Å². The lowest BCUT2D eigenvalue weighted by Gasteiger charge is -2.16. The van der Waals surface area contributed by atoms with Gasteiger partial charge in [0.2, 0.25) is 0 Å². The molecule has 0 saturated carbocycles. The van der Waals surface area contributed by atoms with Crippen molar-refractivity contribution >= 4 is 17.7 Å². The van der Waals surface area contributed by atoms with Crippen LogP contribution in [0.4, 0.5) is 0 Å². The van der Waals surface area contributed by atoms with Crippen LogP contribution in [0.25, 0.3) is 0 Å². The van der Waals surface area contributed by atoms with Crippen LogP contribution in [0.5, 0.6) is 0 Å². The number of hydrogen-bond acceptors (Lipinski definition) is 4. The fraction of sp³-hybridized carbons (Fsp3) is 0.944. The molecule has 6 heteroatoms. The summed E-state index contributed by atoms with van der Waals surface area (Å²) in [5.41, 5.74) is 0. The molecule has 0 aliphatic heterocycles. The Morgan fingerprint density at radius 3 is 0.833 bits per heavy atom. The molecule has 0 aliphatic rings. The minimum Gasteiger partial charge on any atom is -0.481 e. The molecule has 0 aromatic heterocycles. The molecule has 0 rings (SSSR count). The van der Waals surface area contributed by atoms with Gasteiger partial charge in [-0.15, -0.1) is 0 Å². The molecule has 0 aromatic carbocycles. The lowest BCUT2D eigenvalue weighted by atomic mass is 9.88. The van der Waals surface area contributed by atoms with Gasteiger partial charge in [0.25, 0.3) is 0 Å². The number of ketones is 1. The molecule has 3 N–H and O–H groups in total. The Bertz CT molecular complexity index is 874. The Hall–Kier alpha value is -1.43. The fourth-order valence-corrected chi connectivity index (χ4v) is 8.54. The van der Waals surface area contributed by atoms with Crippen molar-refractivity contribution in [2.75, 3.05) is 0 Å². The van der Waals surface area contributed by atoms with Crippen LogP contribution in [0, 0.1) is 5.92 Å². The molecule has 0 amide bonds. The number of aliphatic carboxylic acids is 2. The second-order valence-corrected chi connectivity index (χ2v) is 18.7.